The largest absolute Gasteiger partial charge is 0.481 e. The summed E-state index contributed by atoms with van der Waals surface area (Å²) in [4.78, 5) is 25.8. The Balaban J connectivity index is 2.41. The molecule has 2 aromatic rings. The maximum atomic E-state index is 11.5. The van der Waals surface area contributed by atoms with E-state index in [1.807, 2.05) is 6.07 Å². The molecule has 0 aliphatic carbocycles. The highest BCUT2D eigenvalue weighted by Gasteiger charge is 2.29. The van der Waals surface area contributed by atoms with Crippen LogP contribution in [0.1, 0.15) is 17.2 Å². The Hall–Kier alpha value is -2.28. The molecule has 1 N–H and O–H groups in total. The summed E-state index contributed by atoms with van der Waals surface area (Å²) in [6.45, 7) is 0. The van der Waals surface area contributed by atoms with Gasteiger partial charge in [0, 0.05) is 16.7 Å². The van der Waals surface area contributed by atoms with E-state index in [1.54, 1.807) is 18.2 Å². The van der Waals surface area contributed by atoms with Crippen LogP contribution in [0.4, 0.5) is 5.69 Å². The van der Waals surface area contributed by atoms with Crippen LogP contribution in [-0.2, 0) is 11.2 Å². The van der Waals surface area contributed by atoms with Gasteiger partial charge in [0.25, 0.3) is 5.69 Å². The van der Waals surface area contributed by atoms with Crippen LogP contribution in [0.25, 0.3) is 0 Å². The van der Waals surface area contributed by atoms with E-state index >= 15 is 0 Å². The Labute approximate surface area is 128 Å². The highest BCUT2D eigenvalue weighted by molar-refractivity contribution is 9.10. The molecule has 1 aromatic carbocycles. The van der Waals surface area contributed by atoms with Crippen LogP contribution >= 0.6 is 15.9 Å². The van der Waals surface area contributed by atoms with Crippen molar-refractivity contribution in [1.29, 1.82) is 0 Å². The van der Waals surface area contributed by atoms with E-state index in [1.165, 1.54) is 18.3 Å². The van der Waals surface area contributed by atoms with Gasteiger partial charge in [0.2, 0.25) is 0 Å². The average molecular weight is 351 g/mol. The van der Waals surface area contributed by atoms with Gasteiger partial charge < -0.3 is 5.11 Å². The number of carbonyl (C=O) groups is 1. The predicted molar refractivity (Wildman–Crippen MR) is 79.1 cm³/mol. The van der Waals surface area contributed by atoms with Crippen molar-refractivity contribution in [2.75, 3.05) is 0 Å². The van der Waals surface area contributed by atoms with Gasteiger partial charge in [-0.15, -0.1) is 0 Å². The number of halogens is 1. The number of hydrogen-bond acceptors (Lipinski definition) is 4. The predicted octanol–water partition coefficient (Wildman–Crippen LogP) is 3.16. The summed E-state index contributed by atoms with van der Waals surface area (Å²) in [7, 11) is 0. The summed E-state index contributed by atoms with van der Waals surface area (Å²) >= 11 is 3.31. The molecule has 0 aliphatic heterocycles. The lowest BCUT2D eigenvalue weighted by atomic mass is 9.95. The molecule has 0 saturated heterocycles. The van der Waals surface area contributed by atoms with E-state index in [2.05, 4.69) is 20.9 Å². The van der Waals surface area contributed by atoms with E-state index in [0.717, 1.165) is 10.0 Å². The zero-order valence-corrected chi connectivity index (χ0v) is 12.4. The van der Waals surface area contributed by atoms with E-state index < -0.39 is 16.8 Å². The summed E-state index contributed by atoms with van der Waals surface area (Å²) < 4.78 is 0.819. The normalized spacial score (nSPS) is 11.9. The second kappa shape index (κ2) is 6.45. The summed E-state index contributed by atoms with van der Waals surface area (Å²) in [6.07, 6.45) is 1.49. The minimum absolute atomic E-state index is 0.0324. The fourth-order valence-electron chi connectivity index (χ4n) is 2.03. The number of nitrogens with zero attached hydrogens (tertiary/aromatic N) is 2. The van der Waals surface area contributed by atoms with Crippen LogP contribution < -0.4 is 0 Å². The van der Waals surface area contributed by atoms with Crippen molar-refractivity contribution in [1.82, 2.24) is 4.98 Å². The number of carboxylic acid groups (broad SMARTS) is 1. The first-order chi connectivity index (χ1) is 9.99. The van der Waals surface area contributed by atoms with Crippen LogP contribution in [0, 0.1) is 10.1 Å². The van der Waals surface area contributed by atoms with Crippen molar-refractivity contribution >= 4 is 27.6 Å². The number of rotatable bonds is 5. The minimum Gasteiger partial charge on any atom is -0.481 e. The fourth-order valence-corrected chi connectivity index (χ4v) is 2.48. The van der Waals surface area contributed by atoms with Gasteiger partial charge in [0.05, 0.1) is 4.92 Å². The minimum atomic E-state index is -1.14. The van der Waals surface area contributed by atoms with Crippen LogP contribution in [0.3, 0.4) is 0 Å². The van der Waals surface area contributed by atoms with Crippen molar-refractivity contribution < 1.29 is 14.8 Å². The monoisotopic (exact) mass is 350 g/mol. The zero-order chi connectivity index (χ0) is 15.4. The van der Waals surface area contributed by atoms with Crippen LogP contribution in [0.2, 0.25) is 0 Å². The van der Waals surface area contributed by atoms with Crippen LogP contribution in [-0.4, -0.2) is 21.0 Å². The van der Waals surface area contributed by atoms with Crippen molar-refractivity contribution in [2.45, 2.75) is 12.3 Å². The van der Waals surface area contributed by atoms with Gasteiger partial charge in [-0.3, -0.25) is 19.9 Å². The molecule has 0 spiro atoms. The number of hydrogen-bond donors (Lipinski definition) is 1. The smallest absolute Gasteiger partial charge is 0.313 e. The zero-order valence-electron chi connectivity index (χ0n) is 10.8. The third kappa shape index (κ3) is 3.63. The Morgan fingerprint density at radius 1 is 1.38 bits per heavy atom. The van der Waals surface area contributed by atoms with Gasteiger partial charge in [-0.05, 0) is 30.2 Å². The lowest BCUT2D eigenvalue weighted by Gasteiger charge is -2.12. The molecule has 1 heterocycles. The van der Waals surface area contributed by atoms with Crippen molar-refractivity contribution in [3.05, 3.63) is 68.4 Å². The Morgan fingerprint density at radius 3 is 2.76 bits per heavy atom. The lowest BCUT2D eigenvalue weighted by Crippen LogP contribution is -2.17. The molecular weight excluding hydrogens is 340 g/mol. The molecule has 0 fully saturated rings. The summed E-state index contributed by atoms with van der Waals surface area (Å²) in [5.41, 5.74) is 0.451. The highest BCUT2D eigenvalue weighted by atomic mass is 79.9. The number of aromatic nitrogens is 1. The topological polar surface area (TPSA) is 93.3 Å². The summed E-state index contributed by atoms with van der Waals surface area (Å²) in [5, 5.41) is 20.4. The molecule has 108 valence electrons. The molecule has 0 bridgehead atoms. The molecule has 21 heavy (non-hydrogen) atoms. The van der Waals surface area contributed by atoms with E-state index in [9.17, 15) is 20.0 Å². The summed E-state index contributed by atoms with van der Waals surface area (Å²) in [5.74, 6) is -2.21. The Bertz CT molecular complexity index is 690. The van der Waals surface area contributed by atoms with Crippen molar-refractivity contribution in [3.63, 3.8) is 0 Å². The van der Waals surface area contributed by atoms with Crippen molar-refractivity contribution in [3.8, 4) is 0 Å². The number of nitro groups is 1. The van der Waals surface area contributed by atoms with Gasteiger partial charge in [-0.25, -0.2) is 0 Å². The molecule has 2 rings (SSSR count). The SMILES string of the molecule is O=C(O)C(Cc1cccc(Br)c1)c1ncccc1[N+](=O)[O-]. The molecule has 7 heteroatoms. The maximum Gasteiger partial charge on any atom is 0.313 e. The van der Waals surface area contributed by atoms with E-state index in [0.29, 0.717) is 0 Å². The van der Waals surface area contributed by atoms with Crippen LogP contribution in [0.5, 0.6) is 0 Å². The first kappa shape index (κ1) is 15.1. The average Bonchev–Trinajstić information content (AvgIpc) is 2.44. The number of carboxylic acids is 1. The van der Waals surface area contributed by atoms with Crippen molar-refractivity contribution in [2.24, 2.45) is 0 Å². The highest BCUT2D eigenvalue weighted by Crippen LogP contribution is 2.28. The van der Waals surface area contributed by atoms with Gasteiger partial charge in [-0.2, -0.15) is 0 Å². The first-order valence-corrected chi connectivity index (χ1v) is 6.85. The lowest BCUT2D eigenvalue weighted by molar-refractivity contribution is -0.386. The quantitative estimate of drug-likeness (QED) is 0.660. The second-order valence-corrected chi connectivity index (χ2v) is 5.31. The van der Waals surface area contributed by atoms with Gasteiger partial charge in [0.1, 0.15) is 11.6 Å². The molecule has 6 nitrogen and oxygen atoms in total. The standard InChI is InChI=1S/C14H11BrN2O4/c15-10-4-1-3-9(7-10)8-11(14(18)19)13-12(17(20)21)5-2-6-16-13/h1-7,11H,8H2,(H,18,19). The molecule has 1 atom stereocenters. The van der Waals surface area contributed by atoms with E-state index in [-0.39, 0.29) is 17.8 Å². The molecule has 1 unspecified atom stereocenters. The van der Waals surface area contributed by atoms with Gasteiger partial charge in [-0.1, -0.05) is 28.1 Å². The Morgan fingerprint density at radius 2 is 2.14 bits per heavy atom. The Kier molecular flexibility index (Phi) is 4.64. The molecule has 1 aromatic heterocycles. The molecule has 0 radical (unpaired) electrons. The first-order valence-electron chi connectivity index (χ1n) is 6.05. The molecule has 0 aliphatic rings. The second-order valence-electron chi connectivity index (χ2n) is 4.39. The molecule has 0 saturated carbocycles. The third-order valence-corrected chi connectivity index (χ3v) is 3.46. The van der Waals surface area contributed by atoms with Gasteiger partial charge >= 0.3 is 5.97 Å². The maximum absolute atomic E-state index is 11.5. The molecule has 0 amide bonds. The summed E-state index contributed by atoms with van der Waals surface area (Å²) in [6, 6.07) is 9.84. The number of pyridine rings is 1. The molecular formula is C14H11BrN2O4. The number of aliphatic carboxylic acids is 1. The van der Waals surface area contributed by atoms with Crippen LogP contribution in [0.15, 0.2) is 47.1 Å². The number of benzene rings is 1. The fraction of sp³-hybridized carbons (Fsp3) is 0.143. The third-order valence-electron chi connectivity index (χ3n) is 2.97. The van der Waals surface area contributed by atoms with Gasteiger partial charge in [0.15, 0.2) is 0 Å². The van der Waals surface area contributed by atoms with E-state index in [4.69, 9.17) is 0 Å².